The predicted octanol–water partition coefficient (Wildman–Crippen LogP) is 3.67. The number of rotatable bonds is 6. The van der Waals surface area contributed by atoms with Gasteiger partial charge in [-0.25, -0.2) is 4.98 Å². The van der Waals surface area contributed by atoms with Crippen LogP contribution < -0.4 is 20.1 Å². The van der Waals surface area contributed by atoms with Crippen molar-refractivity contribution in [3.63, 3.8) is 0 Å². The lowest BCUT2D eigenvalue weighted by Crippen LogP contribution is -2.29. The summed E-state index contributed by atoms with van der Waals surface area (Å²) >= 11 is 0. The number of carbonyl (C=O) groups is 2. The molecule has 4 rings (SSSR count). The molecule has 2 heterocycles. The Morgan fingerprint density at radius 3 is 2.63 bits per heavy atom. The Labute approximate surface area is 173 Å². The number of aryl methyl sites for hydroxylation is 1. The van der Waals surface area contributed by atoms with Crippen LogP contribution in [0.5, 0.6) is 11.5 Å². The van der Waals surface area contributed by atoms with Gasteiger partial charge >= 0.3 is 0 Å². The number of aromatic nitrogens is 2. The molecule has 2 N–H and O–H groups in total. The first kappa shape index (κ1) is 19.5. The molecular formula is C22H22N4O4. The Bertz CT molecular complexity index is 1080. The molecule has 0 saturated heterocycles. The molecule has 2 aromatic carbocycles. The van der Waals surface area contributed by atoms with E-state index < -0.39 is 5.79 Å². The highest BCUT2D eigenvalue weighted by Crippen LogP contribution is 2.40. The third-order valence-electron chi connectivity index (χ3n) is 4.48. The Balaban J connectivity index is 1.37. The number of hydrogen-bond acceptors (Lipinski definition) is 5. The molecule has 0 radical (unpaired) electrons. The molecule has 0 atom stereocenters. The molecule has 0 saturated carbocycles. The van der Waals surface area contributed by atoms with Gasteiger partial charge in [-0.05, 0) is 30.3 Å². The van der Waals surface area contributed by atoms with E-state index in [0.29, 0.717) is 41.4 Å². The predicted molar refractivity (Wildman–Crippen MR) is 112 cm³/mol. The second-order valence-electron chi connectivity index (χ2n) is 7.40. The van der Waals surface area contributed by atoms with E-state index in [1.54, 1.807) is 61.2 Å². The molecule has 0 unspecified atom stereocenters. The van der Waals surface area contributed by atoms with Crippen LogP contribution in [0.1, 0.15) is 30.6 Å². The number of amides is 2. The first-order valence-electron chi connectivity index (χ1n) is 9.57. The van der Waals surface area contributed by atoms with Gasteiger partial charge in [0.15, 0.2) is 11.5 Å². The molecule has 30 heavy (non-hydrogen) atoms. The third-order valence-corrected chi connectivity index (χ3v) is 4.48. The van der Waals surface area contributed by atoms with Gasteiger partial charge in [-0.15, -0.1) is 0 Å². The van der Waals surface area contributed by atoms with Crippen molar-refractivity contribution in [1.29, 1.82) is 0 Å². The van der Waals surface area contributed by atoms with Crippen LogP contribution in [0.3, 0.4) is 0 Å². The summed E-state index contributed by atoms with van der Waals surface area (Å²) in [6.45, 7) is 4.17. The molecule has 8 nitrogen and oxygen atoms in total. The fourth-order valence-electron chi connectivity index (χ4n) is 3.11. The lowest BCUT2D eigenvalue weighted by molar-refractivity contribution is -0.116. The highest BCUT2D eigenvalue weighted by molar-refractivity contribution is 6.05. The molecule has 2 amide bonds. The zero-order valence-electron chi connectivity index (χ0n) is 16.7. The molecule has 154 valence electrons. The minimum atomic E-state index is -0.727. The zero-order chi connectivity index (χ0) is 21.1. The van der Waals surface area contributed by atoms with Gasteiger partial charge < -0.3 is 24.7 Å². The van der Waals surface area contributed by atoms with Crippen molar-refractivity contribution >= 4 is 23.2 Å². The van der Waals surface area contributed by atoms with Crippen LogP contribution >= 0.6 is 0 Å². The maximum absolute atomic E-state index is 12.7. The topological polar surface area (TPSA) is 94.5 Å². The molecule has 0 fully saturated rings. The van der Waals surface area contributed by atoms with Crippen molar-refractivity contribution < 1.29 is 19.1 Å². The molecule has 3 aromatic rings. The Kier molecular flexibility index (Phi) is 5.14. The van der Waals surface area contributed by atoms with Gasteiger partial charge in [0.1, 0.15) is 0 Å². The van der Waals surface area contributed by atoms with Gasteiger partial charge in [0.25, 0.3) is 5.91 Å². The van der Waals surface area contributed by atoms with E-state index in [2.05, 4.69) is 15.6 Å². The van der Waals surface area contributed by atoms with E-state index in [0.717, 1.165) is 0 Å². The van der Waals surface area contributed by atoms with Gasteiger partial charge in [-0.1, -0.05) is 6.07 Å². The van der Waals surface area contributed by atoms with E-state index in [9.17, 15) is 9.59 Å². The minimum Gasteiger partial charge on any atom is -0.449 e. The summed E-state index contributed by atoms with van der Waals surface area (Å²) in [5, 5.41) is 5.66. The number of anilines is 2. The number of carbonyl (C=O) groups excluding carboxylic acids is 2. The lowest BCUT2D eigenvalue weighted by Gasteiger charge is -2.16. The van der Waals surface area contributed by atoms with Crippen molar-refractivity contribution in [2.45, 2.75) is 32.6 Å². The summed E-state index contributed by atoms with van der Waals surface area (Å²) in [6.07, 6.45) is 5.44. The van der Waals surface area contributed by atoms with Crippen LogP contribution in [-0.4, -0.2) is 27.2 Å². The van der Waals surface area contributed by atoms with Gasteiger partial charge in [0.2, 0.25) is 11.7 Å². The highest BCUT2D eigenvalue weighted by atomic mass is 16.7. The fraction of sp³-hybridized carbons (Fsp3) is 0.227. The van der Waals surface area contributed by atoms with Crippen molar-refractivity contribution in [1.82, 2.24) is 9.55 Å². The highest BCUT2D eigenvalue weighted by Gasteiger charge is 2.31. The molecular weight excluding hydrogens is 384 g/mol. The Morgan fingerprint density at radius 2 is 1.83 bits per heavy atom. The van der Waals surface area contributed by atoms with Crippen molar-refractivity contribution in [3.8, 4) is 11.5 Å². The molecule has 0 aliphatic carbocycles. The quantitative estimate of drug-likeness (QED) is 0.651. The van der Waals surface area contributed by atoms with E-state index in [1.165, 1.54) is 0 Å². The maximum atomic E-state index is 12.7. The van der Waals surface area contributed by atoms with Crippen LogP contribution in [0.4, 0.5) is 11.4 Å². The first-order valence-corrected chi connectivity index (χ1v) is 9.57. The number of nitrogens with one attached hydrogen (secondary N) is 2. The van der Waals surface area contributed by atoms with E-state index in [-0.39, 0.29) is 11.8 Å². The van der Waals surface area contributed by atoms with Crippen LogP contribution in [0.15, 0.2) is 61.2 Å². The van der Waals surface area contributed by atoms with Crippen LogP contribution in [-0.2, 0) is 11.3 Å². The Hall–Kier alpha value is -3.81. The lowest BCUT2D eigenvalue weighted by atomic mass is 10.1. The first-order chi connectivity index (χ1) is 14.4. The van der Waals surface area contributed by atoms with Gasteiger partial charge in [-0.2, -0.15) is 0 Å². The summed E-state index contributed by atoms with van der Waals surface area (Å²) < 4.78 is 13.2. The van der Waals surface area contributed by atoms with E-state index >= 15 is 0 Å². The van der Waals surface area contributed by atoms with Gasteiger partial charge in [0.05, 0.1) is 6.33 Å². The number of fused-ring (bicyclic) bond motifs is 1. The molecule has 1 aliphatic heterocycles. The number of imidazole rings is 1. The summed E-state index contributed by atoms with van der Waals surface area (Å²) in [4.78, 5) is 28.8. The Morgan fingerprint density at radius 1 is 1.03 bits per heavy atom. The molecule has 8 heteroatoms. The molecule has 0 spiro atoms. The SMILES string of the molecule is CC1(C)Oc2ccc(NC(=O)c3cccc(NC(=O)CCn4ccnc4)c3)cc2O1. The van der Waals surface area contributed by atoms with Crippen molar-refractivity contribution in [2.75, 3.05) is 10.6 Å². The monoisotopic (exact) mass is 406 g/mol. The third kappa shape index (κ3) is 4.60. The van der Waals surface area contributed by atoms with E-state index in [1.807, 2.05) is 18.4 Å². The van der Waals surface area contributed by atoms with E-state index in [4.69, 9.17) is 9.47 Å². The van der Waals surface area contributed by atoms with Crippen LogP contribution in [0, 0.1) is 0 Å². The number of benzene rings is 2. The standard InChI is InChI=1S/C22H22N4O4/c1-22(2)29-18-7-6-17(13-19(18)30-22)25-21(28)15-4-3-5-16(12-15)24-20(27)8-10-26-11-9-23-14-26/h3-7,9,11-14H,8,10H2,1-2H3,(H,24,27)(H,25,28). The largest absolute Gasteiger partial charge is 0.449 e. The maximum Gasteiger partial charge on any atom is 0.255 e. The summed E-state index contributed by atoms with van der Waals surface area (Å²) in [5.74, 6) is 0.0624. The fourth-order valence-corrected chi connectivity index (χ4v) is 3.11. The second kappa shape index (κ2) is 7.90. The number of ether oxygens (including phenoxy) is 2. The van der Waals surface area contributed by atoms with Crippen molar-refractivity contribution in [3.05, 3.63) is 66.7 Å². The number of nitrogens with zero attached hydrogens (tertiary/aromatic N) is 2. The molecule has 1 aliphatic rings. The minimum absolute atomic E-state index is 0.139. The number of hydrogen-bond donors (Lipinski definition) is 2. The van der Waals surface area contributed by atoms with Crippen LogP contribution in [0.2, 0.25) is 0 Å². The summed E-state index contributed by atoms with van der Waals surface area (Å²) in [7, 11) is 0. The second-order valence-corrected chi connectivity index (χ2v) is 7.40. The zero-order valence-corrected chi connectivity index (χ0v) is 16.7. The van der Waals surface area contributed by atoms with Gasteiger partial charge in [-0.3, -0.25) is 9.59 Å². The molecule has 0 bridgehead atoms. The van der Waals surface area contributed by atoms with Crippen LogP contribution in [0.25, 0.3) is 0 Å². The average molecular weight is 406 g/mol. The smallest absolute Gasteiger partial charge is 0.255 e. The van der Waals surface area contributed by atoms with Gasteiger partial charge in [0, 0.05) is 62.2 Å². The molecule has 1 aromatic heterocycles. The normalized spacial score (nSPS) is 13.7. The summed E-state index contributed by atoms with van der Waals surface area (Å²) in [5.41, 5.74) is 1.58. The average Bonchev–Trinajstić information content (AvgIpc) is 3.32. The van der Waals surface area contributed by atoms with Crippen molar-refractivity contribution in [2.24, 2.45) is 0 Å². The summed E-state index contributed by atoms with van der Waals surface area (Å²) in [6, 6.07) is 12.0.